The fraction of sp³-hybridized carbons (Fsp3) is 0.158. The maximum Gasteiger partial charge on any atom is 0.255 e. The first-order valence-electron chi connectivity index (χ1n) is 7.94. The number of amides is 1. The Morgan fingerprint density at radius 3 is 3.04 bits per heavy atom. The van der Waals surface area contributed by atoms with E-state index in [9.17, 15) is 4.79 Å². The van der Waals surface area contributed by atoms with Crippen LogP contribution in [0.15, 0.2) is 54.2 Å². The Hall–Kier alpha value is -3.08. The first-order chi connectivity index (χ1) is 11.7. The number of anilines is 1. The molecule has 1 N–H and O–H groups in total. The number of aromatic nitrogens is 2. The number of aryl methyl sites for hydroxylation is 1. The van der Waals surface area contributed by atoms with Crippen molar-refractivity contribution >= 4 is 28.6 Å². The number of benzene rings is 2. The highest BCUT2D eigenvalue weighted by atomic mass is 16.5. The summed E-state index contributed by atoms with van der Waals surface area (Å²) in [6.45, 7) is 3.11. The van der Waals surface area contributed by atoms with Gasteiger partial charge in [0.25, 0.3) is 5.91 Å². The van der Waals surface area contributed by atoms with Gasteiger partial charge >= 0.3 is 0 Å². The van der Waals surface area contributed by atoms with Gasteiger partial charge in [-0.1, -0.05) is 18.2 Å². The largest absolute Gasteiger partial charge is 0.488 e. The molecule has 2 heterocycles. The number of carbonyl (C=O) groups is 1. The minimum absolute atomic E-state index is 0.147. The highest BCUT2D eigenvalue weighted by molar-refractivity contribution is 6.08. The van der Waals surface area contributed by atoms with Gasteiger partial charge in [0.05, 0.1) is 17.3 Å². The van der Waals surface area contributed by atoms with Crippen LogP contribution < -0.4 is 10.1 Å². The van der Waals surface area contributed by atoms with E-state index in [4.69, 9.17) is 4.74 Å². The Morgan fingerprint density at radius 1 is 1.29 bits per heavy atom. The average molecular weight is 319 g/mol. The standard InChI is InChI=1S/C19H17N3O2/c1-2-22-17-10-16(8-7-14(17)11-20-22)21-19(23)15-9-13-5-3-4-6-18(13)24-12-15/h3-11H,2,12H2,1H3,(H,21,23). The topological polar surface area (TPSA) is 56.2 Å². The zero-order valence-electron chi connectivity index (χ0n) is 13.3. The van der Waals surface area contributed by atoms with E-state index in [2.05, 4.69) is 10.4 Å². The smallest absolute Gasteiger partial charge is 0.255 e. The van der Waals surface area contributed by atoms with E-state index in [0.29, 0.717) is 5.57 Å². The molecule has 0 bridgehead atoms. The van der Waals surface area contributed by atoms with Gasteiger partial charge in [-0.15, -0.1) is 0 Å². The first-order valence-corrected chi connectivity index (χ1v) is 7.94. The molecule has 3 aromatic rings. The maximum atomic E-state index is 12.5. The SMILES string of the molecule is CCn1ncc2ccc(NC(=O)C3=Cc4ccccc4OC3)cc21. The lowest BCUT2D eigenvalue weighted by molar-refractivity contribution is -0.113. The minimum atomic E-state index is -0.147. The molecular formula is C19H17N3O2. The first kappa shape index (κ1) is 14.5. The van der Waals surface area contributed by atoms with Gasteiger partial charge in [-0.05, 0) is 37.3 Å². The fourth-order valence-electron chi connectivity index (χ4n) is 2.86. The number of carbonyl (C=O) groups excluding carboxylic acids is 1. The molecule has 1 aliphatic heterocycles. The molecular weight excluding hydrogens is 302 g/mol. The van der Waals surface area contributed by atoms with Crippen LogP contribution in [-0.4, -0.2) is 22.3 Å². The van der Waals surface area contributed by atoms with Crippen LogP contribution in [0.25, 0.3) is 17.0 Å². The average Bonchev–Trinajstić information content (AvgIpc) is 3.03. The fourth-order valence-corrected chi connectivity index (χ4v) is 2.86. The lowest BCUT2D eigenvalue weighted by atomic mass is 10.1. The summed E-state index contributed by atoms with van der Waals surface area (Å²) in [5.74, 6) is 0.661. The second kappa shape index (κ2) is 5.85. The lowest BCUT2D eigenvalue weighted by Crippen LogP contribution is -2.21. The molecule has 0 atom stereocenters. The van der Waals surface area contributed by atoms with Crippen molar-refractivity contribution in [2.75, 3.05) is 11.9 Å². The molecule has 120 valence electrons. The third-order valence-corrected chi connectivity index (χ3v) is 4.13. The van der Waals surface area contributed by atoms with Gasteiger partial charge in [0.15, 0.2) is 0 Å². The van der Waals surface area contributed by atoms with Crippen LogP contribution in [0.3, 0.4) is 0 Å². The molecule has 0 saturated carbocycles. The van der Waals surface area contributed by atoms with Crippen molar-refractivity contribution in [3.05, 3.63) is 59.8 Å². The van der Waals surface area contributed by atoms with Crippen molar-refractivity contribution in [2.24, 2.45) is 0 Å². The Bertz CT molecular complexity index is 956. The van der Waals surface area contributed by atoms with Gasteiger partial charge < -0.3 is 10.1 Å². The Labute approximate surface area is 139 Å². The molecule has 1 amide bonds. The second-order valence-corrected chi connectivity index (χ2v) is 5.68. The van der Waals surface area contributed by atoms with E-state index in [1.807, 2.05) is 66.3 Å². The normalized spacial score (nSPS) is 13.1. The van der Waals surface area contributed by atoms with E-state index in [-0.39, 0.29) is 12.5 Å². The molecule has 0 fully saturated rings. The van der Waals surface area contributed by atoms with Crippen molar-refractivity contribution in [1.82, 2.24) is 9.78 Å². The van der Waals surface area contributed by atoms with Crippen LogP contribution in [0, 0.1) is 0 Å². The highest BCUT2D eigenvalue weighted by Gasteiger charge is 2.17. The van der Waals surface area contributed by atoms with E-state index >= 15 is 0 Å². The van der Waals surface area contributed by atoms with Gasteiger partial charge in [0.2, 0.25) is 0 Å². The minimum Gasteiger partial charge on any atom is -0.488 e. The number of hydrogen-bond donors (Lipinski definition) is 1. The third kappa shape index (κ3) is 2.54. The summed E-state index contributed by atoms with van der Waals surface area (Å²) in [6.07, 6.45) is 3.71. The van der Waals surface area contributed by atoms with Crippen molar-refractivity contribution in [3.63, 3.8) is 0 Å². The number of rotatable bonds is 3. The number of ether oxygens (including phenoxy) is 1. The molecule has 2 aromatic carbocycles. The highest BCUT2D eigenvalue weighted by Crippen LogP contribution is 2.26. The van der Waals surface area contributed by atoms with Gasteiger partial charge in [-0.2, -0.15) is 5.10 Å². The molecule has 24 heavy (non-hydrogen) atoms. The summed E-state index contributed by atoms with van der Waals surface area (Å²) in [5, 5.41) is 8.33. The third-order valence-electron chi connectivity index (χ3n) is 4.13. The summed E-state index contributed by atoms with van der Waals surface area (Å²) in [4.78, 5) is 12.5. The van der Waals surface area contributed by atoms with Gasteiger partial charge in [-0.25, -0.2) is 0 Å². The van der Waals surface area contributed by atoms with E-state index in [1.165, 1.54) is 0 Å². The van der Waals surface area contributed by atoms with E-state index in [0.717, 1.165) is 34.4 Å². The molecule has 0 aliphatic carbocycles. The Balaban J connectivity index is 1.59. The number of fused-ring (bicyclic) bond motifs is 2. The number of nitrogens with one attached hydrogen (secondary N) is 1. The molecule has 4 rings (SSSR count). The molecule has 0 unspecified atom stereocenters. The Morgan fingerprint density at radius 2 is 2.17 bits per heavy atom. The van der Waals surface area contributed by atoms with Gasteiger partial charge in [0, 0.05) is 23.2 Å². The van der Waals surface area contributed by atoms with Crippen LogP contribution in [-0.2, 0) is 11.3 Å². The summed E-state index contributed by atoms with van der Waals surface area (Å²) >= 11 is 0. The maximum absolute atomic E-state index is 12.5. The molecule has 0 radical (unpaired) electrons. The van der Waals surface area contributed by atoms with Gasteiger partial charge in [0.1, 0.15) is 12.4 Å². The van der Waals surface area contributed by atoms with Crippen molar-refractivity contribution in [2.45, 2.75) is 13.5 Å². The van der Waals surface area contributed by atoms with E-state index in [1.54, 1.807) is 0 Å². The van der Waals surface area contributed by atoms with Crippen molar-refractivity contribution in [3.8, 4) is 5.75 Å². The zero-order chi connectivity index (χ0) is 16.5. The van der Waals surface area contributed by atoms with Crippen molar-refractivity contribution in [1.29, 1.82) is 0 Å². The number of para-hydroxylation sites is 1. The van der Waals surface area contributed by atoms with E-state index < -0.39 is 0 Å². The van der Waals surface area contributed by atoms with Crippen LogP contribution in [0.4, 0.5) is 5.69 Å². The summed E-state index contributed by atoms with van der Waals surface area (Å²) in [6, 6.07) is 13.5. The summed E-state index contributed by atoms with van der Waals surface area (Å²) in [7, 11) is 0. The molecule has 0 spiro atoms. The van der Waals surface area contributed by atoms with Crippen molar-refractivity contribution < 1.29 is 9.53 Å². The quantitative estimate of drug-likeness (QED) is 0.804. The predicted molar refractivity (Wildman–Crippen MR) is 94.0 cm³/mol. The summed E-state index contributed by atoms with van der Waals surface area (Å²) in [5.41, 5.74) is 3.29. The lowest BCUT2D eigenvalue weighted by Gasteiger charge is -2.17. The second-order valence-electron chi connectivity index (χ2n) is 5.68. The summed E-state index contributed by atoms with van der Waals surface area (Å²) < 4.78 is 7.55. The number of nitrogens with zero attached hydrogens (tertiary/aromatic N) is 2. The number of hydrogen-bond acceptors (Lipinski definition) is 3. The van der Waals surface area contributed by atoms with Crippen LogP contribution in [0.2, 0.25) is 0 Å². The molecule has 5 nitrogen and oxygen atoms in total. The molecule has 1 aliphatic rings. The predicted octanol–water partition coefficient (Wildman–Crippen LogP) is 3.47. The van der Waals surface area contributed by atoms with Crippen LogP contribution in [0.5, 0.6) is 5.75 Å². The zero-order valence-corrected chi connectivity index (χ0v) is 13.3. The molecule has 1 aromatic heterocycles. The molecule has 0 saturated heterocycles. The van der Waals surface area contributed by atoms with Crippen LogP contribution >= 0.6 is 0 Å². The van der Waals surface area contributed by atoms with Crippen LogP contribution in [0.1, 0.15) is 12.5 Å². The monoisotopic (exact) mass is 319 g/mol. The van der Waals surface area contributed by atoms with Gasteiger partial charge in [-0.3, -0.25) is 9.48 Å². The molecule has 5 heteroatoms. The Kier molecular flexibility index (Phi) is 3.54.